The van der Waals surface area contributed by atoms with Crippen LogP contribution in [0.15, 0.2) is 30.3 Å². The first-order chi connectivity index (χ1) is 16.1. The summed E-state index contributed by atoms with van der Waals surface area (Å²) in [5, 5.41) is 12.0. The highest BCUT2D eigenvalue weighted by atomic mass is 19.1. The maximum absolute atomic E-state index is 14.5. The second-order valence-corrected chi connectivity index (χ2v) is 7.87. The zero-order valence-corrected chi connectivity index (χ0v) is 18.7. The van der Waals surface area contributed by atoms with Gasteiger partial charge in [0.15, 0.2) is 23.0 Å². The third-order valence-electron chi connectivity index (χ3n) is 5.92. The van der Waals surface area contributed by atoms with Crippen LogP contribution in [0.2, 0.25) is 0 Å². The van der Waals surface area contributed by atoms with E-state index in [2.05, 4.69) is 10.6 Å². The van der Waals surface area contributed by atoms with E-state index in [1.807, 2.05) is 18.2 Å². The molecular weight excluding hydrogens is 427 g/mol. The van der Waals surface area contributed by atoms with E-state index >= 15 is 0 Å². The van der Waals surface area contributed by atoms with Gasteiger partial charge in [0.2, 0.25) is 5.95 Å². The van der Waals surface area contributed by atoms with Crippen molar-refractivity contribution in [2.75, 3.05) is 39.7 Å². The minimum absolute atomic E-state index is 0.127. The van der Waals surface area contributed by atoms with Crippen LogP contribution in [0.1, 0.15) is 23.7 Å². The van der Waals surface area contributed by atoms with Crippen LogP contribution in [0.25, 0.3) is 16.6 Å². The van der Waals surface area contributed by atoms with Crippen molar-refractivity contribution in [1.29, 1.82) is 0 Å². The summed E-state index contributed by atoms with van der Waals surface area (Å²) >= 11 is 0. The molecule has 0 amide bonds. The molecule has 1 aliphatic rings. The first-order valence-electron chi connectivity index (χ1n) is 10.7. The van der Waals surface area contributed by atoms with Crippen LogP contribution >= 0.6 is 0 Å². The molecule has 0 radical (unpaired) electrons. The van der Waals surface area contributed by atoms with Crippen LogP contribution in [-0.2, 0) is 6.54 Å². The number of rotatable bonds is 7. The van der Waals surface area contributed by atoms with Crippen molar-refractivity contribution in [3.8, 4) is 17.2 Å². The molecule has 9 nitrogen and oxygen atoms in total. The van der Waals surface area contributed by atoms with Gasteiger partial charge in [0.05, 0.1) is 26.8 Å². The Balaban J connectivity index is 1.59. The number of nitrogens with zero attached hydrogens (tertiary/aromatic N) is 4. The fourth-order valence-corrected chi connectivity index (χ4v) is 4.12. The summed E-state index contributed by atoms with van der Waals surface area (Å²) in [6.45, 7) is 2.17. The lowest BCUT2D eigenvalue weighted by Gasteiger charge is -2.13. The molecule has 1 fully saturated rings. The number of halogens is 1. The van der Waals surface area contributed by atoms with Gasteiger partial charge in [-0.1, -0.05) is 0 Å². The molecule has 0 saturated carbocycles. The van der Waals surface area contributed by atoms with Gasteiger partial charge in [0.1, 0.15) is 11.5 Å². The van der Waals surface area contributed by atoms with Crippen molar-refractivity contribution in [3.05, 3.63) is 47.5 Å². The third kappa shape index (κ3) is 3.86. The number of aromatic nitrogens is 4. The van der Waals surface area contributed by atoms with Crippen molar-refractivity contribution in [2.45, 2.75) is 18.9 Å². The van der Waals surface area contributed by atoms with Gasteiger partial charge < -0.3 is 24.8 Å². The smallest absolute Gasteiger partial charge is 0.226 e. The Morgan fingerprint density at radius 2 is 1.94 bits per heavy atom. The summed E-state index contributed by atoms with van der Waals surface area (Å²) in [6.07, 6.45) is 0.955. The topological polar surface area (TPSA) is 94.8 Å². The van der Waals surface area contributed by atoms with E-state index in [0.29, 0.717) is 40.5 Å². The molecule has 3 heterocycles. The van der Waals surface area contributed by atoms with Crippen LogP contribution in [0.4, 0.5) is 10.3 Å². The summed E-state index contributed by atoms with van der Waals surface area (Å²) in [5.41, 5.74) is 2.03. The molecule has 1 unspecified atom stereocenters. The number of anilines is 1. The zero-order chi connectivity index (χ0) is 22.9. The van der Waals surface area contributed by atoms with Crippen LogP contribution in [0.5, 0.6) is 17.2 Å². The minimum atomic E-state index is -0.468. The molecular formula is C23H25FN6O3. The minimum Gasteiger partial charge on any atom is -0.497 e. The van der Waals surface area contributed by atoms with Crippen molar-refractivity contribution in [3.63, 3.8) is 0 Å². The molecule has 172 valence electrons. The van der Waals surface area contributed by atoms with E-state index in [0.717, 1.165) is 30.9 Å². The Kier molecular flexibility index (Phi) is 5.59. The fraction of sp³-hybridized carbons (Fsp3) is 0.348. The molecule has 2 aromatic carbocycles. The molecule has 1 atom stereocenters. The maximum atomic E-state index is 14.5. The molecule has 1 saturated heterocycles. The van der Waals surface area contributed by atoms with Crippen molar-refractivity contribution in [2.24, 2.45) is 0 Å². The summed E-state index contributed by atoms with van der Waals surface area (Å²) in [4.78, 5) is 9.49. The van der Waals surface area contributed by atoms with Crippen molar-refractivity contribution in [1.82, 2.24) is 24.9 Å². The van der Waals surface area contributed by atoms with Gasteiger partial charge in [-0.2, -0.15) is 4.52 Å². The lowest BCUT2D eigenvalue weighted by Crippen LogP contribution is -2.10. The van der Waals surface area contributed by atoms with Crippen molar-refractivity contribution < 1.29 is 18.6 Å². The molecule has 0 aliphatic carbocycles. The number of fused-ring (bicyclic) bond motifs is 3. The van der Waals surface area contributed by atoms with Gasteiger partial charge in [0.25, 0.3) is 0 Å². The fourth-order valence-electron chi connectivity index (χ4n) is 4.12. The number of methoxy groups -OCH3 is 3. The predicted octanol–water partition coefficient (Wildman–Crippen LogP) is 3.13. The molecule has 4 aromatic rings. The first kappa shape index (κ1) is 21.2. The molecule has 2 aromatic heterocycles. The highest BCUT2D eigenvalue weighted by molar-refractivity contribution is 5.93. The SMILES string of the molecule is COc1ccc(CNc2nc3cc(OC)c(F)cc3c3nc(C4CCNC4)nn23)c(OC)c1. The molecule has 0 spiro atoms. The second kappa shape index (κ2) is 8.70. The van der Waals surface area contributed by atoms with Gasteiger partial charge in [-0.3, -0.25) is 0 Å². The van der Waals surface area contributed by atoms with Gasteiger partial charge in [-0.05, 0) is 31.2 Å². The quantitative estimate of drug-likeness (QED) is 0.442. The first-order valence-corrected chi connectivity index (χ1v) is 10.7. The van der Waals surface area contributed by atoms with E-state index in [4.69, 9.17) is 29.3 Å². The van der Waals surface area contributed by atoms with Gasteiger partial charge >= 0.3 is 0 Å². The number of ether oxygens (including phenoxy) is 3. The van der Waals surface area contributed by atoms with E-state index in [9.17, 15) is 4.39 Å². The average Bonchev–Trinajstić information content (AvgIpc) is 3.52. The Bertz CT molecular complexity index is 1320. The normalized spacial score (nSPS) is 15.8. The zero-order valence-electron chi connectivity index (χ0n) is 18.7. The average molecular weight is 452 g/mol. The summed E-state index contributed by atoms with van der Waals surface area (Å²) in [6, 6.07) is 8.61. The highest BCUT2D eigenvalue weighted by Gasteiger charge is 2.24. The summed E-state index contributed by atoms with van der Waals surface area (Å²) in [5.74, 6) is 2.48. The Morgan fingerprint density at radius 3 is 2.67 bits per heavy atom. The lowest BCUT2D eigenvalue weighted by molar-refractivity contribution is 0.387. The monoisotopic (exact) mass is 452 g/mol. The van der Waals surface area contributed by atoms with Crippen LogP contribution in [0, 0.1) is 5.82 Å². The largest absolute Gasteiger partial charge is 0.497 e. The van der Waals surface area contributed by atoms with E-state index in [1.54, 1.807) is 24.8 Å². The number of nitrogens with one attached hydrogen (secondary N) is 2. The lowest BCUT2D eigenvalue weighted by atomic mass is 10.1. The summed E-state index contributed by atoms with van der Waals surface area (Å²) in [7, 11) is 4.66. The molecule has 33 heavy (non-hydrogen) atoms. The van der Waals surface area contributed by atoms with Gasteiger partial charge in [-0.15, -0.1) is 5.10 Å². The summed E-state index contributed by atoms with van der Waals surface area (Å²) < 4.78 is 32.1. The van der Waals surface area contributed by atoms with E-state index < -0.39 is 5.82 Å². The van der Waals surface area contributed by atoms with Crippen LogP contribution in [0.3, 0.4) is 0 Å². The standard InChI is InChI=1S/C23H25FN6O3/c1-31-15-5-4-13(19(8-15)32-2)12-26-23-27-18-10-20(33-3)17(24)9-16(18)22-28-21(29-30(22)23)14-6-7-25-11-14/h4-5,8-10,14,25H,6-7,11-12H2,1-3H3,(H,26,27). The Morgan fingerprint density at radius 1 is 1.09 bits per heavy atom. The van der Waals surface area contributed by atoms with Crippen LogP contribution in [-0.4, -0.2) is 54.0 Å². The number of hydrogen-bond acceptors (Lipinski definition) is 8. The van der Waals surface area contributed by atoms with E-state index in [1.165, 1.54) is 13.2 Å². The molecule has 10 heteroatoms. The van der Waals surface area contributed by atoms with Crippen LogP contribution < -0.4 is 24.8 Å². The van der Waals surface area contributed by atoms with Crippen molar-refractivity contribution >= 4 is 22.5 Å². The number of benzene rings is 2. The third-order valence-corrected chi connectivity index (χ3v) is 5.92. The van der Waals surface area contributed by atoms with E-state index in [-0.39, 0.29) is 11.7 Å². The van der Waals surface area contributed by atoms with Gasteiger partial charge in [0, 0.05) is 42.1 Å². The predicted molar refractivity (Wildman–Crippen MR) is 122 cm³/mol. The Hall–Kier alpha value is -3.66. The Labute approximate surface area is 189 Å². The molecule has 2 N–H and O–H groups in total. The maximum Gasteiger partial charge on any atom is 0.226 e. The molecule has 1 aliphatic heterocycles. The highest BCUT2D eigenvalue weighted by Crippen LogP contribution is 2.30. The molecule has 5 rings (SSSR count). The number of hydrogen-bond donors (Lipinski definition) is 2. The molecule has 0 bridgehead atoms. The van der Waals surface area contributed by atoms with Gasteiger partial charge in [-0.25, -0.2) is 14.4 Å². The second-order valence-electron chi connectivity index (χ2n) is 7.87.